The number of H-pyrrole nitrogens is 1. The Labute approximate surface area is 143 Å². The van der Waals surface area contributed by atoms with Crippen molar-refractivity contribution in [1.29, 1.82) is 0 Å². The van der Waals surface area contributed by atoms with Crippen LogP contribution in [0.5, 0.6) is 0 Å². The first-order valence-electron chi connectivity index (χ1n) is 7.52. The van der Waals surface area contributed by atoms with E-state index in [-0.39, 0.29) is 17.8 Å². The predicted octanol–water partition coefficient (Wildman–Crippen LogP) is 4.04. The second-order valence-corrected chi connectivity index (χ2v) is 6.83. The first kappa shape index (κ1) is 16.3. The van der Waals surface area contributed by atoms with E-state index in [9.17, 15) is 9.18 Å². The van der Waals surface area contributed by atoms with Crippen LogP contribution in [0.25, 0.3) is 10.4 Å². The molecule has 1 aromatic carbocycles. The average molecular weight is 344 g/mol. The van der Waals surface area contributed by atoms with E-state index in [2.05, 4.69) is 15.0 Å². The highest BCUT2D eigenvalue weighted by atomic mass is 32.1. The zero-order chi connectivity index (χ0) is 17.3. The largest absolute Gasteiger partial charge is 0.331 e. The average Bonchev–Trinajstić information content (AvgIpc) is 3.17. The lowest BCUT2D eigenvalue weighted by molar-refractivity contribution is 0.0976. The zero-order valence-electron chi connectivity index (χ0n) is 13.6. The van der Waals surface area contributed by atoms with E-state index in [0.717, 1.165) is 15.4 Å². The van der Waals surface area contributed by atoms with Crippen LogP contribution in [0.3, 0.4) is 0 Å². The lowest BCUT2D eigenvalue weighted by Crippen LogP contribution is -2.37. The molecule has 2 aromatic heterocycles. The fourth-order valence-electron chi connectivity index (χ4n) is 2.49. The number of halogens is 1. The molecular formula is C17H17FN4OS. The van der Waals surface area contributed by atoms with E-state index in [1.54, 1.807) is 23.2 Å². The minimum atomic E-state index is -0.311. The summed E-state index contributed by atoms with van der Waals surface area (Å²) < 4.78 is 13.2. The maximum Gasteiger partial charge on any atom is 0.279 e. The Morgan fingerprint density at radius 3 is 2.58 bits per heavy atom. The standard InChI is InChI=1S/C17H17FN4OS/c1-10(2)22(14-8-19-9-20-14)17(23)15-16(24-11(3)21-15)12-4-6-13(18)7-5-12/h4-10H,1-3H3,(H,19,20). The molecule has 0 unspecified atom stereocenters. The molecule has 3 rings (SSSR count). The van der Waals surface area contributed by atoms with Crippen molar-refractivity contribution >= 4 is 23.1 Å². The molecule has 2 heterocycles. The van der Waals surface area contributed by atoms with Crippen LogP contribution in [-0.2, 0) is 0 Å². The number of aromatic nitrogens is 3. The molecule has 1 N–H and O–H groups in total. The Hall–Kier alpha value is -2.54. The molecule has 0 fully saturated rings. The molecule has 3 aromatic rings. The van der Waals surface area contributed by atoms with Crippen molar-refractivity contribution in [3.8, 4) is 10.4 Å². The minimum absolute atomic E-state index is 0.0685. The summed E-state index contributed by atoms with van der Waals surface area (Å²) in [4.78, 5) is 26.8. The second-order valence-electron chi connectivity index (χ2n) is 5.62. The SMILES string of the molecule is Cc1nc(C(=O)N(c2cnc[nH]2)C(C)C)c(-c2ccc(F)cc2)s1. The molecule has 0 saturated heterocycles. The van der Waals surface area contributed by atoms with E-state index >= 15 is 0 Å². The number of aromatic amines is 1. The molecule has 0 radical (unpaired) electrons. The van der Waals surface area contributed by atoms with Crippen LogP contribution in [0.4, 0.5) is 10.2 Å². The molecule has 1 amide bonds. The fourth-order valence-corrected chi connectivity index (χ4v) is 3.40. The van der Waals surface area contributed by atoms with Gasteiger partial charge >= 0.3 is 0 Å². The van der Waals surface area contributed by atoms with E-state index in [1.165, 1.54) is 29.8 Å². The maximum absolute atomic E-state index is 13.2. The molecule has 0 aliphatic carbocycles. The summed E-state index contributed by atoms with van der Waals surface area (Å²) in [5, 5.41) is 0.783. The van der Waals surface area contributed by atoms with Crippen LogP contribution in [0, 0.1) is 12.7 Å². The first-order valence-corrected chi connectivity index (χ1v) is 8.34. The third-order valence-corrected chi connectivity index (χ3v) is 4.54. The summed E-state index contributed by atoms with van der Waals surface area (Å²) in [7, 11) is 0. The van der Waals surface area contributed by atoms with Gasteiger partial charge in [0.15, 0.2) is 0 Å². The van der Waals surface area contributed by atoms with Gasteiger partial charge in [-0.25, -0.2) is 14.4 Å². The van der Waals surface area contributed by atoms with E-state index < -0.39 is 0 Å². The predicted molar refractivity (Wildman–Crippen MR) is 92.8 cm³/mol. The molecule has 124 valence electrons. The van der Waals surface area contributed by atoms with Gasteiger partial charge in [-0.05, 0) is 38.5 Å². The normalized spacial score (nSPS) is 11.0. The molecule has 0 saturated carbocycles. The summed E-state index contributed by atoms with van der Waals surface area (Å²) in [5.74, 6) is 0.0952. The fraction of sp³-hybridized carbons (Fsp3) is 0.235. The van der Waals surface area contributed by atoms with Crippen molar-refractivity contribution < 1.29 is 9.18 Å². The van der Waals surface area contributed by atoms with Gasteiger partial charge < -0.3 is 4.98 Å². The lowest BCUT2D eigenvalue weighted by atomic mass is 10.1. The second kappa shape index (κ2) is 6.52. The highest BCUT2D eigenvalue weighted by molar-refractivity contribution is 7.15. The van der Waals surface area contributed by atoms with Crippen LogP contribution < -0.4 is 4.90 Å². The number of imidazole rings is 1. The first-order chi connectivity index (χ1) is 11.5. The monoisotopic (exact) mass is 344 g/mol. The lowest BCUT2D eigenvalue weighted by Gasteiger charge is -2.24. The van der Waals surface area contributed by atoms with Crippen LogP contribution in [-0.4, -0.2) is 26.9 Å². The molecule has 0 aliphatic rings. The number of benzene rings is 1. The highest BCUT2D eigenvalue weighted by Crippen LogP contribution is 2.32. The van der Waals surface area contributed by atoms with Gasteiger partial charge in [-0.2, -0.15) is 0 Å². The topological polar surface area (TPSA) is 61.9 Å². The number of carbonyl (C=O) groups excluding carboxylic acids is 1. The number of thiazole rings is 1. The summed E-state index contributed by atoms with van der Waals surface area (Å²) in [6.07, 6.45) is 3.14. The molecule has 5 nitrogen and oxygen atoms in total. The van der Waals surface area contributed by atoms with Gasteiger partial charge in [-0.15, -0.1) is 11.3 Å². The zero-order valence-corrected chi connectivity index (χ0v) is 14.4. The summed E-state index contributed by atoms with van der Waals surface area (Å²) in [5.41, 5.74) is 1.14. The van der Waals surface area contributed by atoms with Crippen LogP contribution in [0.15, 0.2) is 36.8 Å². The third kappa shape index (κ3) is 3.07. The molecule has 24 heavy (non-hydrogen) atoms. The molecular weight excluding hydrogens is 327 g/mol. The van der Waals surface area contributed by atoms with Crippen molar-refractivity contribution in [3.05, 3.63) is 53.3 Å². The number of hydrogen-bond acceptors (Lipinski definition) is 4. The van der Waals surface area contributed by atoms with E-state index in [4.69, 9.17) is 0 Å². The van der Waals surface area contributed by atoms with Crippen molar-refractivity contribution in [2.45, 2.75) is 26.8 Å². The van der Waals surface area contributed by atoms with Gasteiger partial charge in [-0.1, -0.05) is 12.1 Å². The smallest absolute Gasteiger partial charge is 0.279 e. The summed E-state index contributed by atoms with van der Waals surface area (Å²) in [6, 6.07) is 6.02. The number of carbonyl (C=O) groups is 1. The minimum Gasteiger partial charge on any atom is -0.331 e. The van der Waals surface area contributed by atoms with E-state index in [1.807, 2.05) is 20.8 Å². The number of aryl methyl sites for hydroxylation is 1. The summed E-state index contributed by atoms with van der Waals surface area (Å²) >= 11 is 1.42. The molecule has 7 heteroatoms. The number of anilines is 1. The quantitative estimate of drug-likeness (QED) is 0.777. The Bertz CT molecular complexity index is 840. The number of rotatable bonds is 4. The Kier molecular flexibility index (Phi) is 4.44. The van der Waals surface area contributed by atoms with Gasteiger partial charge in [0.25, 0.3) is 5.91 Å². The molecule has 0 bridgehead atoms. The molecule has 0 aliphatic heterocycles. The maximum atomic E-state index is 13.2. The number of nitrogens with one attached hydrogen (secondary N) is 1. The van der Waals surface area contributed by atoms with Crippen molar-refractivity contribution in [1.82, 2.24) is 15.0 Å². The van der Waals surface area contributed by atoms with Crippen LogP contribution >= 0.6 is 11.3 Å². The Morgan fingerprint density at radius 2 is 2.00 bits per heavy atom. The van der Waals surface area contributed by atoms with Crippen LogP contribution in [0.1, 0.15) is 29.3 Å². The van der Waals surface area contributed by atoms with Crippen LogP contribution in [0.2, 0.25) is 0 Å². The van der Waals surface area contributed by atoms with Gasteiger partial charge in [0.05, 0.1) is 22.4 Å². The number of nitrogens with zero attached hydrogens (tertiary/aromatic N) is 3. The van der Waals surface area contributed by atoms with Crippen molar-refractivity contribution in [2.24, 2.45) is 0 Å². The summed E-state index contributed by atoms with van der Waals surface area (Å²) in [6.45, 7) is 5.70. The Morgan fingerprint density at radius 1 is 1.29 bits per heavy atom. The number of amides is 1. The van der Waals surface area contributed by atoms with E-state index in [0.29, 0.717) is 11.5 Å². The molecule has 0 atom stereocenters. The third-order valence-electron chi connectivity index (χ3n) is 3.52. The van der Waals surface area contributed by atoms with Gasteiger partial charge in [0.2, 0.25) is 0 Å². The van der Waals surface area contributed by atoms with Crippen molar-refractivity contribution in [2.75, 3.05) is 4.90 Å². The molecule has 0 spiro atoms. The Balaban J connectivity index is 2.05. The van der Waals surface area contributed by atoms with Crippen molar-refractivity contribution in [3.63, 3.8) is 0 Å². The van der Waals surface area contributed by atoms with Gasteiger partial charge in [0, 0.05) is 6.04 Å². The van der Waals surface area contributed by atoms with Gasteiger partial charge in [0.1, 0.15) is 17.3 Å². The highest BCUT2D eigenvalue weighted by Gasteiger charge is 2.27. The number of hydrogen-bond donors (Lipinski definition) is 1. The van der Waals surface area contributed by atoms with Gasteiger partial charge in [-0.3, -0.25) is 9.69 Å².